The number of methoxy groups -OCH3 is 1. The molecule has 0 aliphatic carbocycles. The molecular formula is C16H20N2O2. The molecule has 4 heteroatoms. The van der Waals surface area contributed by atoms with E-state index in [2.05, 4.69) is 17.2 Å². The number of benzene rings is 1. The summed E-state index contributed by atoms with van der Waals surface area (Å²) in [5.74, 6) is 1.94. The van der Waals surface area contributed by atoms with Gasteiger partial charge >= 0.3 is 0 Å². The van der Waals surface area contributed by atoms with Crippen LogP contribution in [-0.2, 0) is 6.54 Å². The molecule has 106 valence electrons. The molecule has 0 amide bonds. The van der Waals surface area contributed by atoms with Crippen molar-refractivity contribution in [1.82, 2.24) is 10.3 Å². The van der Waals surface area contributed by atoms with E-state index >= 15 is 0 Å². The standard InChI is InChI=1S/C16H20N2O2/c1-4-17-11-13-9-10-16(18-12(13)2)20-15-8-6-5-7-14(15)19-3/h5-10,17H,4,11H2,1-3H3. The van der Waals surface area contributed by atoms with Gasteiger partial charge in [0.25, 0.3) is 0 Å². The number of ether oxygens (including phenoxy) is 2. The van der Waals surface area contributed by atoms with Gasteiger partial charge in [0.1, 0.15) is 0 Å². The van der Waals surface area contributed by atoms with E-state index in [1.807, 2.05) is 43.3 Å². The summed E-state index contributed by atoms with van der Waals surface area (Å²) in [7, 11) is 1.63. The van der Waals surface area contributed by atoms with Gasteiger partial charge in [0.15, 0.2) is 11.5 Å². The van der Waals surface area contributed by atoms with Gasteiger partial charge in [0.05, 0.1) is 7.11 Å². The number of para-hydroxylation sites is 2. The zero-order valence-electron chi connectivity index (χ0n) is 12.1. The topological polar surface area (TPSA) is 43.4 Å². The van der Waals surface area contributed by atoms with Crippen molar-refractivity contribution >= 4 is 0 Å². The molecule has 1 heterocycles. The fourth-order valence-corrected chi connectivity index (χ4v) is 1.89. The first-order chi connectivity index (χ1) is 9.74. The zero-order chi connectivity index (χ0) is 14.4. The monoisotopic (exact) mass is 272 g/mol. The molecule has 0 spiro atoms. The molecule has 1 N–H and O–H groups in total. The predicted molar refractivity (Wildman–Crippen MR) is 79.4 cm³/mol. The SMILES string of the molecule is CCNCc1ccc(Oc2ccccc2OC)nc1C. The molecule has 2 aromatic rings. The zero-order valence-corrected chi connectivity index (χ0v) is 12.1. The van der Waals surface area contributed by atoms with E-state index in [0.717, 1.165) is 18.8 Å². The molecule has 1 aromatic heterocycles. The lowest BCUT2D eigenvalue weighted by Crippen LogP contribution is -2.13. The lowest BCUT2D eigenvalue weighted by atomic mass is 10.2. The number of pyridine rings is 1. The van der Waals surface area contributed by atoms with Gasteiger partial charge in [-0.15, -0.1) is 0 Å². The van der Waals surface area contributed by atoms with Gasteiger partial charge in [-0.25, -0.2) is 4.98 Å². The molecule has 0 aliphatic rings. The van der Waals surface area contributed by atoms with Gasteiger partial charge in [-0.05, 0) is 31.2 Å². The number of aromatic nitrogens is 1. The Labute approximate surface area is 119 Å². The molecule has 0 saturated heterocycles. The van der Waals surface area contributed by atoms with Gasteiger partial charge in [0, 0.05) is 18.3 Å². The summed E-state index contributed by atoms with van der Waals surface area (Å²) < 4.78 is 11.0. The number of nitrogens with zero attached hydrogens (tertiary/aromatic N) is 1. The van der Waals surface area contributed by atoms with Crippen molar-refractivity contribution in [1.29, 1.82) is 0 Å². The lowest BCUT2D eigenvalue weighted by molar-refractivity contribution is 0.374. The van der Waals surface area contributed by atoms with E-state index in [1.165, 1.54) is 5.56 Å². The van der Waals surface area contributed by atoms with E-state index in [4.69, 9.17) is 9.47 Å². The third kappa shape index (κ3) is 3.48. The lowest BCUT2D eigenvalue weighted by Gasteiger charge is -2.11. The second-order valence-corrected chi connectivity index (χ2v) is 4.43. The van der Waals surface area contributed by atoms with E-state index < -0.39 is 0 Å². The Bertz CT molecular complexity index is 570. The van der Waals surface area contributed by atoms with Crippen molar-refractivity contribution in [3.05, 3.63) is 47.7 Å². The first-order valence-corrected chi connectivity index (χ1v) is 6.72. The molecule has 0 bridgehead atoms. The minimum atomic E-state index is 0.576. The van der Waals surface area contributed by atoms with Crippen LogP contribution in [0.3, 0.4) is 0 Å². The van der Waals surface area contributed by atoms with Crippen LogP contribution in [0.4, 0.5) is 0 Å². The molecule has 0 radical (unpaired) electrons. The van der Waals surface area contributed by atoms with Crippen molar-refractivity contribution in [3.63, 3.8) is 0 Å². The van der Waals surface area contributed by atoms with Gasteiger partial charge in [-0.3, -0.25) is 0 Å². The maximum Gasteiger partial charge on any atom is 0.219 e. The fraction of sp³-hybridized carbons (Fsp3) is 0.312. The quantitative estimate of drug-likeness (QED) is 0.876. The molecule has 20 heavy (non-hydrogen) atoms. The first-order valence-electron chi connectivity index (χ1n) is 6.72. The van der Waals surface area contributed by atoms with Crippen LogP contribution < -0.4 is 14.8 Å². The number of nitrogens with one attached hydrogen (secondary N) is 1. The second kappa shape index (κ2) is 6.91. The van der Waals surface area contributed by atoms with Crippen LogP contribution in [-0.4, -0.2) is 18.6 Å². The minimum absolute atomic E-state index is 0.576. The maximum absolute atomic E-state index is 5.78. The summed E-state index contributed by atoms with van der Waals surface area (Å²) in [5.41, 5.74) is 2.15. The van der Waals surface area contributed by atoms with Crippen LogP contribution in [0, 0.1) is 6.92 Å². The van der Waals surface area contributed by atoms with Crippen molar-refractivity contribution in [3.8, 4) is 17.4 Å². The maximum atomic E-state index is 5.78. The largest absolute Gasteiger partial charge is 0.493 e. The number of hydrogen-bond donors (Lipinski definition) is 1. The highest BCUT2D eigenvalue weighted by Crippen LogP contribution is 2.30. The van der Waals surface area contributed by atoms with Crippen LogP contribution in [0.2, 0.25) is 0 Å². The first kappa shape index (κ1) is 14.3. The number of aryl methyl sites for hydroxylation is 1. The molecule has 0 saturated carbocycles. The van der Waals surface area contributed by atoms with E-state index in [-0.39, 0.29) is 0 Å². The summed E-state index contributed by atoms with van der Waals surface area (Å²) in [5, 5.41) is 3.29. The van der Waals surface area contributed by atoms with E-state index in [1.54, 1.807) is 7.11 Å². The summed E-state index contributed by atoms with van der Waals surface area (Å²) in [6, 6.07) is 11.5. The summed E-state index contributed by atoms with van der Waals surface area (Å²) in [4.78, 5) is 4.48. The molecule has 0 fully saturated rings. The molecule has 4 nitrogen and oxygen atoms in total. The molecule has 0 atom stereocenters. The molecule has 0 unspecified atom stereocenters. The Morgan fingerprint density at radius 1 is 1.10 bits per heavy atom. The van der Waals surface area contributed by atoms with Gasteiger partial charge in [-0.1, -0.05) is 25.1 Å². The summed E-state index contributed by atoms with van der Waals surface area (Å²) in [6.07, 6.45) is 0. The second-order valence-electron chi connectivity index (χ2n) is 4.43. The van der Waals surface area contributed by atoms with Gasteiger partial charge in [0.2, 0.25) is 5.88 Å². The van der Waals surface area contributed by atoms with Crippen molar-refractivity contribution < 1.29 is 9.47 Å². The normalized spacial score (nSPS) is 10.3. The van der Waals surface area contributed by atoms with Crippen LogP contribution in [0.1, 0.15) is 18.2 Å². The predicted octanol–water partition coefficient (Wildman–Crippen LogP) is 3.30. The third-order valence-electron chi connectivity index (χ3n) is 3.02. The Balaban J connectivity index is 2.16. The van der Waals surface area contributed by atoms with Crippen molar-refractivity contribution in [2.24, 2.45) is 0 Å². The van der Waals surface area contributed by atoms with E-state index in [0.29, 0.717) is 17.4 Å². The van der Waals surface area contributed by atoms with Gasteiger partial charge < -0.3 is 14.8 Å². The Kier molecular flexibility index (Phi) is 4.96. The highest BCUT2D eigenvalue weighted by molar-refractivity contribution is 5.41. The average molecular weight is 272 g/mol. The molecule has 0 aliphatic heterocycles. The number of rotatable bonds is 6. The highest BCUT2D eigenvalue weighted by Gasteiger charge is 2.07. The van der Waals surface area contributed by atoms with Crippen LogP contribution in [0.5, 0.6) is 17.4 Å². The van der Waals surface area contributed by atoms with Crippen molar-refractivity contribution in [2.45, 2.75) is 20.4 Å². The summed E-state index contributed by atoms with van der Waals surface area (Å²) >= 11 is 0. The minimum Gasteiger partial charge on any atom is -0.493 e. The smallest absolute Gasteiger partial charge is 0.219 e. The molecule has 1 aromatic carbocycles. The number of hydrogen-bond acceptors (Lipinski definition) is 4. The summed E-state index contributed by atoms with van der Waals surface area (Å²) in [6.45, 7) is 5.84. The Morgan fingerprint density at radius 2 is 1.85 bits per heavy atom. The van der Waals surface area contributed by atoms with Crippen molar-refractivity contribution in [2.75, 3.05) is 13.7 Å². The Morgan fingerprint density at radius 3 is 2.50 bits per heavy atom. The Hall–Kier alpha value is -2.07. The van der Waals surface area contributed by atoms with Crippen LogP contribution in [0.25, 0.3) is 0 Å². The van der Waals surface area contributed by atoms with Crippen LogP contribution >= 0.6 is 0 Å². The van der Waals surface area contributed by atoms with E-state index in [9.17, 15) is 0 Å². The average Bonchev–Trinajstić information content (AvgIpc) is 2.47. The molecule has 2 rings (SSSR count). The highest BCUT2D eigenvalue weighted by atomic mass is 16.5. The van der Waals surface area contributed by atoms with Gasteiger partial charge in [-0.2, -0.15) is 0 Å². The fourth-order valence-electron chi connectivity index (χ4n) is 1.89. The molecular weight excluding hydrogens is 252 g/mol. The third-order valence-corrected chi connectivity index (χ3v) is 3.02. The van der Waals surface area contributed by atoms with Crippen LogP contribution in [0.15, 0.2) is 36.4 Å².